The van der Waals surface area contributed by atoms with Gasteiger partial charge in [-0.05, 0) is 72.9 Å². The van der Waals surface area contributed by atoms with Gasteiger partial charge in [-0.15, -0.1) is 0 Å². The van der Waals surface area contributed by atoms with E-state index in [2.05, 4.69) is 57.9 Å². The van der Waals surface area contributed by atoms with Gasteiger partial charge in [0.05, 0.1) is 0 Å². The van der Waals surface area contributed by atoms with Gasteiger partial charge < -0.3 is 10.2 Å². The van der Waals surface area contributed by atoms with Gasteiger partial charge >= 0.3 is 0 Å². The maximum Gasteiger partial charge on any atom is 0.0407 e. The van der Waals surface area contributed by atoms with Crippen LogP contribution in [0.1, 0.15) is 31.2 Å². The highest BCUT2D eigenvalue weighted by atomic mass is 127. The minimum Gasteiger partial charge on any atom is -0.370 e. The van der Waals surface area contributed by atoms with Crippen molar-refractivity contribution >= 4 is 28.3 Å². The predicted molar refractivity (Wildman–Crippen MR) is 85.3 cm³/mol. The first-order valence-corrected chi connectivity index (χ1v) is 8.07. The van der Waals surface area contributed by atoms with E-state index < -0.39 is 0 Å². The Bertz CT molecular complexity index is 429. The van der Waals surface area contributed by atoms with Crippen LogP contribution in [0.4, 0.5) is 5.69 Å². The molecule has 0 amide bonds. The first-order chi connectivity index (χ1) is 8.72. The summed E-state index contributed by atoms with van der Waals surface area (Å²) in [5.74, 6) is 0. The quantitative estimate of drug-likeness (QED) is 0.836. The van der Waals surface area contributed by atoms with Crippen molar-refractivity contribution in [3.63, 3.8) is 0 Å². The second-order valence-electron chi connectivity index (χ2n) is 5.66. The Morgan fingerprint density at radius 3 is 2.83 bits per heavy atom. The van der Waals surface area contributed by atoms with Gasteiger partial charge in [0.2, 0.25) is 0 Å². The van der Waals surface area contributed by atoms with E-state index in [0.29, 0.717) is 6.04 Å². The number of aryl methyl sites for hydroxylation is 1. The first-order valence-electron chi connectivity index (χ1n) is 6.99. The van der Waals surface area contributed by atoms with E-state index in [1.807, 2.05) is 0 Å². The lowest BCUT2D eigenvalue weighted by molar-refractivity contribution is 0.420. The van der Waals surface area contributed by atoms with Crippen LogP contribution in [-0.2, 0) is 0 Å². The van der Waals surface area contributed by atoms with E-state index in [4.69, 9.17) is 0 Å². The molecule has 0 bridgehead atoms. The van der Waals surface area contributed by atoms with Crippen molar-refractivity contribution in [3.8, 4) is 0 Å². The Balaban J connectivity index is 1.72. The van der Waals surface area contributed by atoms with Gasteiger partial charge in [-0.1, -0.05) is 6.07 Å². The summed E-state index contributed by atoms with van der Waals surface area (Å²) in [5, 5.41) is 3.78. The van der Waals surface area contributed by atoms with Crippen LogP contribution in [0.2, 0.25) is 0 Å². The summed E-state index contributed by atoms with van der Waals surface area (Å²) in [4.78, 5) is 2.57. The summed E-state index contributed by atoms with van der Waals surface area (Å²) in [6.45, 7) is 4.62. The van der Waals surface area contributed by atoms with E-state index in [1.54, 1.807) is 0 Å². The van der Waals surface area contributed by atoms with Gasteiger partial charge in [0.1, 0.15) is 0 Å². The van der Waals surface area contributed by atoms with Crippen LogP contribution in [0.3, 0.4) is 0 Å². The molecule has 1 saturated heterocycles. The number of nitrogens with one attached hydrogen (secondary N) is 1. The lowest BCUT2D eigenvalue weighted by Gasteiger charge is -2.36. The number of hydrogen-bond acceptors (Lipinski definition) is 2. The van der Waals surface area contributed by atoms with Gasteiger partial charge in [-0.3, -0.25) is 0 Å². The van der Waals surface area contributed by atoms with Crippen molar-refractivity contribution in [2.75, 3.05) is 18.0 Å². The maximum absolute atomic E-state index is 3.78. The van der Waals surface area contributed by atoms with E-state index in [-0.39, 0.29) is 0 Å². The van der Waals surface area contributed by atoms with Gasteiger partial charge in [0.25, 0.3) is 0 Å². The standard InChI is InChI=1S/C15H21IN2/c1-11-4-5-12(16)9-15(11)18-8-2-3-14(10-18)17-13-6-7-13/h4-5,9,13-14,17H,2-3,6-8,10H2,1H3. The summed E-state index contributed by atoms with van der Waals surface area (Å²) in [7, 11) is 0. The van der Waals surface area contributed by atoms with Crippen molar-refractivity contribution in [3.05, 3.63) is 27.3 Å². The monoisotopic (exact) mass is 356 g/mol. The average molecular weight is 356 g/mol. The van der Waals surface area contributed by atoms with Gasteiger partial charge in [-0.25, -0.2) is 0 Å². The van der Waals surface area contributed by atoms with Gasteiger partial charge in [0, 0.05) is 34.4 Å². The first kappa shape index (κ1) is 12.7. The fraction of sp³-hybridized carbons (Fsp3) is 0.600. The summed E-state index contributed by atoms with van der Waals surface area (Å²) in [6.07, 6.45) is 5.43. The van der Waals surface area contributed by atoms with Crippen LogP contribution in [-0.4, -0.2) is 25.2 Å². The molecule has 1 unspecified atom stereocenters. The highest BCUT2D eigenvalue weighted by Gasteiger charge is 2.28. The van der Waals surface area contributed by atoms with Crippen molar-refractivity contribution in [1.29, 1.82) is 0 Å². The second-order valence-corrected chi connectivity index (χ2v) is 6.90. The fourth-order valence-electron chi connectivity index (χ4n) is 2.84. The van der Waals surface area contributed by atoms with Crippen LogP contribution in [0.25, 0.3) is 0 Å². The molecule has 0 spiro atoms. The smallest absolute Gasteiger partial charge is 0.0407 e. The highest BCUT2D eigenvalue weighted by molar-refractivity contribution is 14.1. The van der Waals surface area contributed by atoms with E-state index >= 15 is 0 Å². The predicted octanol–water partition coefficient (Wildman–Crippen LogP) is 3.32. The molecule has 98 valence electrons. The molecule has 1 heterocycles. The molecule has 1 aliphatic heterocycles. The Morgan fingerprint density at radius 2 is 2.06 bits per heavy atom. The van der Waals surface area contributed by atoms with E-state index in [9.17, 15) is 0 Å². The minimum atomic E-state index is 0.698. The van der Waals surface area contributed by atoms with Crippen molar-refractivity contribution in [2.24, 2.45) is 0 Å². The third-order valence-electron chi connectivity index (χ3n) is 3.98. The van der Waals surface area contributed by atoms with Crippen molar-refractivity contribution in [1.82, 2.24) is 5.32 Å². The molecule has 0 radical (unpaired) electrons. The number of hydrogen-bond donors (Lipinski definition) is 1. The summed E-state index contributed by atoms with van der Waals surface area (Å²) in [6, 6.07) is 8.30. The molecule has 3 rings (SSSR count). The summed E-state index contributed by atoms with van der Waals surface area (Å²) < 4.78 is 1.34. The molecule has 1 aromatic rings. The number of piperidine rings is 1. The van der Waals surface area contributed by atoms with Crippen LogP contribution in [0.5, 0.6) is 0 Å². The molecule has 2 fully saturated rings. The molecule has 1 aromatic carbocycles. The molecule has 1 atom stereocenters. The SMILES string of the molecule is Cc1ccc(I)cc1N1CCCC(NC2CC2)C1. The number of nitrogens with zero attached hydrogens (tertiary/aromatic N) is 1. The molecular formula is C15H21IN2. The third-order valence-corrected chi connectivity index (χ3v) is 4.65. The lowest BCUT2D eigenvalue weighted by Crippen LogP contribution is -2.46. The Hall–Kier alpha value is -0.290. The van der Waals surface area contributed by atoms with E-state index in [1.165, 1.54) is 53.6 Å². The molecule has 3 heteroatoms. The van der Waals surface area contributed by atoms with E-state index in [0.717, 1.165) is 6.04 Å². The van der Waals surface area contributed by atoms with Crippen LogP contribution >= 0.6 is 22.6 Å². The van der Waals surface area contributed by atoms with Crippen molar-refractivity contribution < 1.29 is 0 Å². The van der Waals surface area contributed by atoms with Crippen LogP contribution in [0, 0.1) is 10.5 Å². The molecule has 2 aliphatic rings. The number of rotatable bonds is 3. The average Bonchev–Trinajstić information content (AvgIpc) is 3.16. The number of benzene rings is 1. The van der Waals surface area contributed by atoms with Gasteiger partial charge in [0.15, 0.2) is 0 Å². The summed E-state index contributed by atoms with van der Waals surface area (Å²) in [5.41, 5.74) is 2.84. The molecule has 18 heavy (non-hydrogen) atoms. The maximum atomic E-state index is 3.78. The molecule has 2 nitrogen and oxygen atoms in total. The third kappa shape index (κ3) is 2.99. The van der Waals surface area contributed by atoms with Crippen LogP contribution < -0.4 is 10.2 Å². The number of anilines is 1. The molecule has 1 N–H and O–H groups in total. The normalized spacial score (nSPS) is 24.3. The largest absolute Gasteiger partial charge is 0.370 e. The Morgan fingerprint density at radius 1 is 1.22 bits per heavy atom. The van der Waals surface area contributed by atoms with Gasteiger partial charge in [-0.2, -0.15) is 0 Å². The molecule has 1 aliphatic carbocycles. The zero-order chi connectivity index (χ0) is 12.5. The Labute approximate surface area is 123 Å². The zero-order valence-corrected chi connectivity index (χ0v) is 13.1. The lowest BCUT2D eigenvalue weighted by atomic mass is 10.0. The fourth-order valence-corrected chi connectivity index (χ4v) is 3.31. The molecule has 0 aromatic heterocycles. The second kappa shape index (κ2) is 5.37. The Kier molecular flexibility index (Phi) is 3.80. The molecule has 1 saturated carbocycles. The summed E-state index contributed by atoms with van der Waals surface area (Å²) >= 11 is 2.41. The zero-order valence-electron chi connectivity index (χ0n) is 11.0. The highest BCUT2D eigenvalue weighted by Crippen LogP contribution is 2.27. The topological polar surface area (TPSA) is 15.3 Å². The number of halogens is 1. The molecular weight excluding hydrogens is 335 g/mol. The minimum absolute atomic E-state index is 0.698. The van der Waals surface area contributed by atoms with Crippen LogP contribution in [0.15, 0.2) is 18.2 Å². The van der Waals surface area contributed by atoms with Crippen molar-refractivity contribution in [2.45, 2.75) is 44.7 Å².